The van der Waals surface area contributed by atoms with Crippen LogP contribution in [-0.4, -0.2) is 23.9 Å². The fourth-order valence-corrected chi connectivity index (χ4v) is 4.33. The van der Waals surface area contributed by atoms with Gasteiger partial charge in [0.05, 0.1) is 22.9 Å². The van der Waals surface area contributed by atoms with Crippen molar-refractivity contribution in [1.82, 2.24) is 4.98 Å². The normalized spacial score (nSPS) is 10.7. The summed E-state index contributed by atoms with van der Waals surface area (Å²) in [7, 11) is 1.55. The Morgan fingerprint density at radius 1 is 1.21 bits per heavy atom. The maximum atomic E-state index is 12.8. The molecule has 28 heavy (non-hydrogen) atoms. The van der Waals surface area contributed by atoms with Crippen molar-refractivity contribution in [2.75, 3.05) is 17.7 Å². The highest BCUT2D eigenvalue weighted by atomic mass is 79.9. The number of rotatable bonds is 6. The molecular weight excluding hydrogens is 442 g/mol. The van der Waals surface area contributed by atoms with E-state index in [-0.39, 0.29) is 11.8 Å². The number of carbonyl (C=O) groups excluding carboxylic acids is 2. The molecular formula is C20H20BrN3O3S. The number of methoxy groups -OCH3 is 1. The summed E-state index contributed by atoms with van der Waals surface area (Å²) < 4.78 is 7.07. The number of benzene rings is 2. The molecule has 0 saturated heterocycles. The number of ether oxygens (including phenoxy) is 1. The van der Waals surface area contributed by atoms with Crippen molar-refractivity contribution in [2.24, 2.45) is 0 Å². The molecule has 1 aromatic heterocycles. The Bertz CT molecular complexity index is 1050. The molecule has 2 aromatic carbocycles. The van der Waals surface area contributed by atoms with Gasteiger partial charge in [-0.05, 0) is 49.2 Å². The number of hydrogen-bond donors (Lipinski definition) is 2. The Hall–Kier alpha value is -2.45. The molecule has 1 heterocycles. The van der Waals surface area contributed by atoms with Crippen molar-refractivity contribution < 1.29 is 14.3 Å². The fraction of sp³-hybridized carbons (Fsp3) is 0.250. The van der Waals surface area contributed by atoms with Gasteiger partial charge in [0.2, 0.25) is 5.91 Å². The second-order valence-electron chi connectivity index (χ2n) is 6.26. The SMILES string of the molecule is CCCC(=O)Nc1nc2ccc(NC(=O)c3cc(Br)cc(C)c3OC)cc2s1. The number of anilines is 2. The number of nitrogens with zero attached hydrogens (tertiary/aromatic N) is 1. The number of aromatic nitrogens is 1. The lowest BCUT2D eigenvalue weighted by atomic mass is 10.1. The Kier molecular flexibility index (Phi) is 6.31. The number of aryl methyl sites for hydroxylation is 1. The van der Waals surface area contributed by atoms with Gasteiger partial charge in [-0.25, -0.2) is 4.98 Å². The summed E-state index contributed by atoms with van der Waals surface area (Å²) in [6.45, 7) is 3.84. The molecule has 3 aromatic rings. The number of nitrogens with one attached hydrogen (secondary N) is 2. The van der Waals surface area contributed by atoms with Crippen molar-refractivity contribution in [1.29, 1.82) is 0 Å². The highest BCUT2D eigenvalue weighted by molar-refractivity contribution is 9.10. The summed E-state index contributed by atoms with van der Waals surface area (Å²) >= 11 is 4.79. The second kappa shape index (κ2) is 8.70. The van der Waals surface area contributed by atoms with Gasteiger partial charge in [-0.1, -0.05) is 34.2 Å². The zero-order chi connectivity index (χ0) is 20.3. The van der Waals surface area contributed by atoms with Crippen molar-refractivity contribution >= 4 is 60.1 Å². The van der Waals surface area contributed by atoms with E-state index in [1.807, 2.05) is 32.0 Å². The molecule has 6 nitrogen and oxygen atoms in total. The van der Waals surface area contributed by atoms with E-state index in [0.29, 0.717) is 28.6 Å². The van der Waals surface area contributed by atoms with E-state index in [1.165, 1.54) is 11.3 Å². The maximum Gasteiger partial charge on any atom is 0.259 e. The number of amides is 2. The van der Waals surface area contributed by atoms with Gasteiger partial charge in [0, 0.05) is 16.6 Å². The monoisotopic (exact) mass is 461 g/mol. The van der Waals surface area contributed by atoms with Crippen LogP contribution < -0.4 is 15.4 Å². The van der Waals surface area contributed by atoms with Crippen molar-refractivity contribution in [3.63, 3.8) is 0 Å². The van der Waals surface area contributed by atoms with Crippen LogP contribution in [0.1, 0.15) is 35.7 Å². The van der Waals surface area contributed by atoms with Gasteiger partial charge in [-0.3, -0.25) is 9.59 Å². The molecule has 0 aliphatic carbocycles. The summed E-state index contributed by atoms with van der Waals surface area (Å²) in [5.74, 6) is 0.231. The number of carbonyl (C=O) groups is 2. The maximum absolute atomic E-state index is 12.8. The van der Waals surface area contributed by atoms with Crippen LogP contribution in [0.3, 0.4) is 0 Å². The highest BCUT2D eigenvalue weighted by Crippen LogP contribution is 2.31. The highest BCUT2D eigenvalue weighted by Gasteiger charge is 2.16. The Morgan fingerprint density at radius 3 is 2.71 bits per heavy atom. The van der Waals surface area contributed by atoms with Crippen LogP contribution in [0, 0.1) is 6.92 Å². The molecule has 0 radical (unpaired) electrons. The van der Waals surface area contributed by atoms with Gasteiger partial charge >= 0.3 is 0 Å². The molecule has 0 aliphatic heterocycles. The third-order valence-corrected chi connectivity index (χ3v) is 5.45. The summed E-state index contributed by atoms with van der Waals surface area (Å²) in [5, 5.41) is 6.26. The van der Waals surface area contributed by atoms with Gasteiger partial charge < -0.3 is 15.4 Å². The van der Waals surface area contributed by atoms with Crippen molar-refractivity contribution in [3.8, 4) is 5.75 Å². The van der Waals surface area contributed by atoms with Crippen LogP contribution in [0.4, 0.5) is 10.8 Å². The van der Waals surface area contributed by atoms with E-state index in [2.05, 4.69) is 31.5 Å². The average molecular weight is 462 g/mol. The predicted octanol–water partition coefficient (Wildman–Crippen LogP) is 5.37. The van der Waals surface area contributed by atoms with Crippen molar-refractivity contribution in [2.45, 2.75) is 26.7 Å². The molecule has 3 rings (SSSR count). The third-order valence-electron chi connectivity index (χ3n) is 4.06. The number of fused-ring (bicyclic) bond motifs is 1. The number of halogens is 1. The van der Waals surface area contributed by atoms with Crippen LogP contribution in [0.2, 0.25) is 0 Å². The van der Waals surface area contributed by atoms with Crippen LogP contribution in [0.25, 0.3) is 10.2 Å². The van der Waals surface area contributed by atoms with Gasteiger partial charge in [0.25, 0.3) is 5.91 Å². The largest absolute Gasteiger partial charge is 0.496 e. The Labute approximate surface area is 175 Å². The fourth-order valence-electron chi connectivity index (χ4n) is 2.83. The predicted molar refractivity (Wildman–Crippen MR) is 117 cm³/mol. The molecule has 0 saturated carbocycles. The molecule has 146 valence electrons. The first-order chi connectivity index (χ1) is 13.4. The van der Waals surface area contributed by atoms with E-state index in [0.717, 1.165) is 26.7 Å². The minimum atomic E-state index is -0.262. The van der Waals surface area contributed by atoms with Crippen LogP contribution in [0.15, 0.2) is 34.8 Å². The lowest BCUT2D eigenvalue weighted by Gasteiger charge is -2.12. The molecule has 0 atom stereocenters. The number of hydrogen-bond acceptors (Lipinski definition) is 5. The minimum Gasteiger partial charge on any atom is -0.496 e. The van der Waals surface area contributed by atoms with E-state index >= 15 is 0 Å². The molecule has 2 amide bonds. The van der Waals surface area contributed by atoms with E-state index < -0.39 is 0 Å². The average Bonchev–Trinajstić information content (AvgIpc) is 3.02. The lowest BCUT2D eigenvalue weighted by Crippen LogP contribution is -2.13. The quantitative estimate of drug-likeness (QED) is 0.517. The lowest BCUT2D eigenvalue weighted by molar-refractivity contribution is -0.116. The van der Waals surface area contributed by atoms with Crippen LogP contribution >= 0.6 is 27.3 Å². The minimum absolute atomic E-state index is 0.0489. The Morgan fingerprint density at radius 2 is 2.00 bits per heavy atom. The third kappa shape index (κ3) is 4.51. The zero-order valence-electron chi connectivity index (χ0n) is 15.8. The first-order valence-corrected chi connectivity index (χ1v) is 10.4. The molecule has 8 heteroatoms. The summed E-state index contributed by atoms with van der Waals surface area (Å²) in [6, 6.07) is 9.08. The summed E-state index contributed by atoms with van der Waals surface area (Å²) in [4.78, 5) is 28.9. The smallest absolute Gasteiger partial charge is 0.259 e. The van der Waals surface area contributed by atoms with Gasteiger partial charge in [0.1, 0.15) is 5.75 Å². The zero-order valence-corrected chi connectivity index (χ0v) is 18.2. The number of thiazole rings is 1. The van der Waals surface area contributed by atoms with Gasteiger partial charge in [0.15, 0.2) is 5.13 Å². The second-order valence-corrected chi connectivity index (χ2v) is 8.20. The first-order valence-electron chi connectivity index (χ1n) is 8.77. The topological polar surface area (TPSA) is 80.3 Å². The van der Waals surface area contributed by atoms with E-state index in [1.54, 1.807) is 19.2 Å². The first kappa shape index (κ1) is 20.3. The van der Waals surface area contributed by atoms with Gasteiger partial charge in [-0.15, -0.1) is 0 Å². The summed E-state index contributed by atoms with van der Waals surface area (Å²) in [5.41, 5.74) is 2.73. The molecule has 0 unspecified atom stereocenters. The molecule has 0 spiro atoms. The molecule has 2 N–H and O–H groups in total. The summed E-state index contributed by atoms with van der Waals surface area (Å²) in [6.07, 6.45) is 1.25. The van der Waals surface area contributed by atoms with E-state index in [4.69, 9.17) is 4.74 Å². The van der Waals surface area contributed by atoms with Crippen LogP contribution in [-0.2, 0) is 4.79 Å². The van der Waals surface area contributed by atoms with Crippen molar-refractivity contribution in [3.05, 3.63) is 45.9 Å². The Balaban J connectivity index is 1.83. The molecule has 0 aliphatic rings. The molecule has 0 bridgehead atoms. The van der Waals surface area contributed by atoms with E-state index in [9.17, 15) is 9.59 Å². The molecule has 0 fully saturated rings. The standard InChI is InChI=1S/C20H20BrN3O3S/c1-4-5-17(25)24-20-23-15-7-6-13(10-16(15)28-20)22-19(26)14-9-12(21)8-11(2)18(14)27-3/h6-10H,4-5H2,1-3H3,(H,22,26)(H,23,24,25). The van der Waals surface area contributed by atoms with Gasteiger partial charge in [-0.2, -0.15) is 0 Å². The van der Waals surface area contributed by atoms with Crippen LogP contribution in [0.5, 0.6) is 5.75 Å².